The van der Waals surface area contributed by atoms with Gasteiger partial charge >= 0.3 is 0 Å². The summed E-state index contributed by atoms with van der Waals surface area (Å²) < 4.78 is 0. The first-order valence-electron chi connectivity index (χ1n) is 9.13. The summed E-state index contributed by atoms with van der Waals surface area (Å²) in [7, 11) is 0. The molecular weight excluding hydrogens is 300 g/mol. The summed E-state index contributed by atoms with van der Waals surface area (Å²) in [6, 6.07) is 8.35. The zero-order chi connectivity index (χ0) is 16.8. The maximum absolute atomic E-state index is 11.8. The fourth-order valence-corrected chi connectivity index (χ4v) is 3.49. The van der Waals surface area contributed by atoms with Crippen molar-refractivity contribution in [2.75, 3.05) is 19.6 Å². The summed E-state index contributed by atoms with van der Waals surface area (Å²) >= 11 is 0. The van der Waals surface area contributed by atoms with E-state index in [0.29, 0.717) is 25.5 Å². The lowest BCUT2D eigenvalue weighted by atomic mass is 10.1. The van der Waals surface area contributed by atoms with Crippen LogP contribution < -0.4 is 5.73 Å². The highest BCUT2D eigenvalue weighted by Gasteiger charge is 2.19. The summed E-state index contributed by atoms with van der Waals surface area (Å²) in [5.41, 5.74) is 8.50. The molecule has 2 fully saturated rings. The summed E-state index contributed by atoms with van der Waals surface area (Å²) in [5, 5.41) is 0. The molecule has 0 bridgehead atoms. The fourth-order valence-electron chi connectivity index (χ4n) is 3.49. The Morgan fingerprint density at radius 1 is 1.04 bits per heavy atom. The number of guanidine groups is 1. The first-order valence-corrected chi connectivity index (χ1v) is 9.13. The first-order chi connectivity index (χ1) is 11.7. The molecule has 0 saturated carbocycles. The van der Waals surface area contributed by atoms with E-state index in [9.17, 15) is 4.79 Å². The number of carbonyl (C=O) groups is 1. The van der Waals surface area contributed by atoms with E-state index in [4.69, 9.17) is 5.73 Å². The number of likely N-dealkylation sites (tertiary alicyclic amines) is 2. The Morgan fingerprint density at radius 3 is 2.50 bits per heavy atom. The molecule has 130 valence electrons. The maximum atomic E-state index is 11.8. The van der Waals surface area contributed by atoms with E-state index in [1.165, 1.54) is 31.2 Å². The number of amides is 1. The second-order valence-electron chi connectivity index (χ2n) is 6.81. The van der Waals surface area contributed by atoms with Crippen LogP contribution >= 0.6 is 0 Å². The summed E-state index contributed by atoms with van der Waals surface area (Å²) in [4.78, 5) is 20.5. The monoisotopic (exact) mass is 328 g/mol. The normalized spacial score (nSPS) is 19.7. The Hall–Kier alpha value is -2.04. The highest BCUT2D eigenvalue weighted by Crippen LogP contribution is 2.16. The number of hydrogen-bond acceptors (Lipinski definition) is 2. The van der Waals surface area contributed by atoms with Crippen LogP contribution in [0.2, 0.25) is 0 Å². The Morgan fingerprint density at radius 2 is 1.79 bits per heavy atom. The summed E-state index contributed by atoms with van der Waals surface area (Å²) in [6.07, 6.45) is 6.67. The quantitative estimate of drug-likeness (QED) is 0.682. The highest BCUT2D eigenvalue weighted by molar-refractivity contribution is 5.78. The third-order valence-corrected chi connectivity index (χ3v) is 4.89. The van der Waals surface area contributed by atoms with Gasteiger partial charge in [0, 0.05) is 32.6 Å². The zero-order valence-electron chi connectivity index (χ0n) is 14.4. The fraction of sp³-hybridized carbons (Fsp3) is 0.579. The van der Waals surface area contributed by atoms with Crippen molar-refractivity contribution in [3.63, 3.8) is 0 Å². The minimum Gasteiger partial charge on any atom is -0.370 e. The molecule has 0 aromatic heterocycles. The van der Waals surface area contributed by atoms with Gasteiger partial charge in [-0.3, -0.25) is 4.79 Å². The molecule has 0 spiro atoms. The van der Waals surface area contributed by atoms with Crippen LogP contribution in [0.15, 0.2) is 29.3 Å². The number of hydrogen-bond donors (Lipinski definition) is 1. The number of aliphatic imine (C=N–C) groups is 1. The Kier molecular flexibility index (Phi) is 5.72. The second kappa shape index (κ2) is 8.18. The highest BCUT2D eigenvalue weighted by atomic mass is 16.2. The lowest BCUT2D eigenvalue weighted by molar-refractivity contribution is -0.128. The largest absolute Gasteiger partial charge is 0.370 e. The van der Waals surface area contributed by atoms with Crippen LogP contribution in [0.25, 0.3) is 0 Å². The van der Waals surface area contributed by atoms with Gasteiger partial charge in [-0.1, -0.05) is 37.1 Å². The number of nitrogens with zero attached hydrogens (tertiary/aromatic N) is 3. The van der Waals surface area contributed by atoms with Crippen molar-refractivity contribution in [2.24, 2.45) is 10.7 Å². The number of carbonyl (C=O) groups excluding carboxylic acids is 1. The SMILES string of the molecule is NC(=NCc1cccc(CN2CCCC2=O)c1)N1CCCCCC1. The summed E-state index contributed by atoms with van der Waals surface area (Å²) in [5.74, 6) is 0.931. The molecule has 0 unspecified atom stereocenters. The Balaban J connectivity index is 1.59. The van der Waals surface area contributed by atoms with Crippen molar-refractivity contribution in [1.82, 2.24) is 9.80 Å². The third-order valence-electron chi connectivity index (χ3n) is 4.89. The summed E-state index contributed by atoms with van der Waals surface area (Å²) in [6.45, 7) is 4.23. The van der Waals surface area contributed by atoms with Gasteiger partial charge in [-0.25, -0.2) is 4.99 Å². The molecule has 2 aliphatic rings. The number of benzene rings is 1. The minimum atomic E-state index is 0.267. The van der Waals surface area contributed by atoms with E-state index >= 15 is 0 Å². The molecule has 24 heavy (non-hydrogen) atoms. The molecule has 1 aromatic carbocycles. The van der Waals surface area contributed by atoms with E-state index in [-0.39, 0.29) is 5.91 Å². The standard InChI is InChI=1S/C19H28N4O/c20-19(22-10-3-1-2-4-11-22)21-14-16-7-5-8-17(13-16)15-23-12-6-9-18(23)24/h5,7-8,13H,1-4,6,9-12,14-15H2,(H2,20,21). The maximum Gasteiger partial charge on any atom is 0.222 e. The average molecular weight is 328 g/mol. The molecule has 0 aliphatic carbocycles. The van der Waals surface area contributed by atoms with Crippen LogP contribution in [0.3, 0.4) is 0 Å². The van der Waals surface area contributed by atoms with Crippen molar-refractivity contribution in [3.8, 4) is 0 Å². The van der Waals surface area contributed by atoms with Gasteiger partial charge in [-0.15, -0.1) is 0 Å². The van der Waals surface area contributed by atoms with Crippen LogP contribution in [0.4, 0.5) is 0 Å². The van der Waals surface area contributed by atoms with Crippen LogP contribution in [0.1, 0.15) is 49.7 Å². The molecule has 2 aliphatic heterocycles. The van der Waals surface area contributed by atoms with Gasteiger partial charge in [-0.2, -0.15) is 0 Å². The molecule has 2 saturated heterocycles. The molecule has 5 nitrogen and oxygen atoms in total. The van der Waals surface area contributed by atoms with Gasteiger partial charge in [0.2, 0.25) is 5.91 Å². The molecule has 3 rings (SSSR count). The van der Waals surface area contributed by atoms with E-state index in [0.717, 1.165) is 31.6 Å². The molecule has 5 heteroatoms. The lowest BCUT2D eigenvalue weighted by Crippen LogP contribution is -2.38. The first kappa shape index (κ1) is 16.8. The van der Waals surface area contributed by atoms with Gasteiger partial charge in [-0.05, 0) is 30.4 Å². The molecule has 2 N–H and O–H groups in total. The zero-order valence-corrected chi connectivity index (χ0v) is 14.4. The predicted molar refractivity (Wildman–Crippen MR) is 96.5 cm³/mol. The van der Waals surface area contributed by atoms with Crippen LogP contribution in [-0.4, -0.2) is 41.3 Å². The Labute approximate surface area is 144 Å². The van der Waals surface area contributed by atoms with Crippen LogP contribution in [0, 0.1) is 0 Å². The molecule has 0 radical (unpaired) electrons. The molecular formula is C19H28N4O. The predicted octanol–water partition coefficient (Wildman–Crippen LogP) is 2.50. The Bertz CT molecular complexity index is 591. The topological polar surface area (TPSA) is 61.9 Å². The van der Waals surface area contributed by atoms with Crippen LogP contribution in [-0.2, 0) is 17.9 Å². The van der Waals surface area contributed by atoms with Crippen molar-refractivity contribution < 1.29 is 4.79 Å². The number of rotatable bonds is 4. The van der Waals surface area contributed by atoms with Crippen molar-refractivity contribution in [1.29, 1.82) is 0 Å². The minimum absolute atomic E-state index is 0.267. The van der Waals surface area contributed by atoms with Crippen molar-refractivity contribution in [2.45, 2.75) is 51.6 Å². The van der Waals surface area contributed by atoms with Gasteiger partial charge in [0.25, 0.3) is 0 Å². The molecule has 2 heterocycles. The van der Waals surface area contributed by atoms with E-state index in [1.54, 1.807) is 0 Å². The number of nitrogens with two attached hydrogens (primary N) is 1. The van der Waals surface area contributed by atoms with E-state index < -0.39 is 0 Å². The van der Waals surface area contributed by atoms with Crippen molar-refractivity contribution in [3.05, 3.63) is 35.4 Å². The second-order valence-corrected chi connectivity index (χ2v) is 6.81. The molecule has 0 atom stereocenters. The van der Waals surface area contributed by atoms with Gasteiger partial charge in [0.05, 0.1) is 6.54 Å². The van der Waals surface area contributed by atoms with Gasteiger partial charge in [0.1, 0.15) is 0 Å². The molecule has 1 aromatic rings. The third kappa shape index (κ3) is 4.49. The van der Waals surface area contributed by atoms with E-state index in [2.05, 4.69) is 28.1 Å². The smallest absolute Gasteiger partial charge is 0.222 e. The van der Waals surface area contributed by atoms with E-state index in [1.807, 2.05) is 11.0 Å². The van der Waals surface area contributed by atoms with Crippen molar-refractivity contribution >= 4 is 11.9 Å². The van der Waals surface area contributed by atoms with Gasteiger partial charge in [0.15, 0.2) is 5.96 Å². The van der Waals surface area contributed by atoms with Crippen LogP contribution in [0.5, 0.6) is 0 Å². The molecule has 1 amide bonds. The lowest BCUT2D eigenvalue weighted by Gasteiger charge is -2.21. The average Bonchev–Trinajstić information content (AvgIpc) is 2.84. The van der Waals surface area contributed by atoms with Gasteiger partial charge < -0.3 is 15.5 Å².